The third kappa shape index (κ3) is 3.55. The van der Waals surface area contributed by atoms with Gasteiger partial charge in [0.2, 0.25) is 0 Å². The Labute approximate surface area is 105 Å². The molecule has 2 N–H and O–H groups in total. The van der Waals surface area contributed by atoms with Gasteiger partial charge in [0.1, 0.15) is 0 Å². The van der Waals surface area contributed by atoms with Crippen LogP contribution in [0.3, 0.4) is 0 Å². The van der Waals surface area contributed by atoms with Crippen LogP contribution in [0.2, 0.25) is 0 Å². The van der Waals surface area contributed by atoms with Crippen LogP contribution in [-0.2, 0) is 13.0 Å². The van der Waals surface area contributed by atoms with Crippen molar-refractivity contribution in [2.24, 2.45) is 17.6 Å². The first kappa shape index (κ1) is 12.6. The molecule has 94 valence electrons. The van der Waals surface area contributed by atoms with Crippen LogP contribution in [-0.4, -0.2) is 25.0 Å². The van der Waals surface area contributed by atoms with E-state index in [0.717, 1.165) is 24.8 Å². The van der Waals surface area contributed by atoms with Gasteiger partial charge >= 0.3 is 0 Å². The van der Waals surface area contributed by atoms with E-state index in [2.05, 4.69) is 43.1 Å². The number of rotatable bonds is 6. The lowest BCUT2D eigenvalue weighted by atomic mass is 10.0. The molecule has 2 nitrogen and oxygen atoms in total. The first-order chi connectivity index (χ1) is 8.20. The molecule has 1 aromatic rings. The van der Waals surface area contributed by atoms with E-state index in [-0.39, 0.29) is 0 Å². The minimum atomic E-state index is 0.652. The van der Waals surface area contributed by atoms with E-state index in [1.165, 1.54) is 24.1 Å². The summed E-state index contributed by atoms with van der Waals surface area (Å²) in [5.41, 5.74) is 8.45. The van der Waals surface area contributed by atoms with E-state index in [1.807, 2.05) is 0 Å². The van der Waals surface area contributed by atoms with Gasteiger partial charge in [-0.05, 0) is 42.9 Å². The first-order valence-corrected chi connectivity index (χ1v) is 6.66. The van der Waals surface area contributed by atoms with E-state index in [1.54, 1.807) is 0 Å². The molecule has 0 amide bonds. The van der Waals surface area contributed by atoms with Crippen molar-refractivity contribution in [1.29, 1.82) is 0 Å². The maximum absolute atomic E-state index is 5.75. The van der Waals surface area contributed by atoms with Crippen LogP contribution in [0.15, 0.2) is 24.3 Å². The van der Waals surface area contributed by atoms with Crippen molar-refractivity contribution in [1.82, 2.24) is 4.90 Å². The highest BCUT2D eigenvalue weighted by molar-refractivity contribution is 5.27. The first-order valence-electron chi connectivity index (χ1n) is 6.66. The zero-order valence-corrected chi connectivity index (χ0v) is 11.0. The zero-order valence-electron chi connectivity index (χ0n) is 11.0. The largest absolute Gasteiger partial charge is 0.326 e. The maximum Gasteiger partial charge on any atom is 0.0180 e. The van der Waals surface area contributed by atoms with Gasteiger partial charge in [-0.1, -0.05) is 31.2 Å². The Morgan fingerprint density at radius 2 is 1.94 bits per heavy atom. The highest BCUT2D eigenvalue weighted by atomic mass is 15.1. The van der Waals surface area contributed by atoms with Crippen molar-refractivity contribution in [2.45, 2.75) is 26.3 Å². The van der Waals surface area contributed by atoms with E-state index < -0.39 is 0 Å². The van der Waals surface area contributed by atoms with E-state index in [9.17, 15) is 0 Å². The van der Waals surface area contributed by atoms with Crippen molar-refractivity contribution >= 4 is 0 Å². The SMILES string of the molecule is CC1CC1CN(C)CCc1ccccc1CN. The number of likely N-dealkylation sites (N-methyl/N-ethyl adjacent to an activating group) is 1. The minimum absolute atomic E-state index is 0.652. The molecule has 0 spiro atoms. The molecule has 1 aliphatic rings. The summed E-state index contributed by atoms with van der Waals surface area (Å²) >= 11 is 0. The molecule has 0 radical (unpaired) electrons. The average molecular weight is 232 g/mol. The highest BCUT2D eigenvalue weighted by Crippen LogP contribution is 2.37. The second-order valence-corrected chi connectivity index (χ2v) is 5.46. The highest BCUT2D eigenvalue weighted by Gasteiger charge is 2.32. The Morgan fingerprint density at radius 1 is 1.29 bits per heavy atom. The monoisotopic (exact) mass is 232 g/mol. The van der Waals surface area contributed by atoms with Crippen molar-refractivity contribution in [3.05, 3.63) is 35.4 Å². The van der Waals surface area contributed by atoms with Crippen molar-refractivity contribution in [2.75, 3.05) is 20.1 Å². The molecule has 0 aliphatic heterocycles. The topological polar surface area (TPSA) is 29.3 Å². The molecule has 0 bridgehead atoms. The summed E-state index contributed by atoms with van der Waals surface area (Å²) in [7, 11) is 2.23. The Balaban J connectivity index is 1.80. The van der Waals surface area contributed by atoms with Gasteiger partial charge in [-0.3, -0.25) is 0 Å². The molecule has 0 aromatic heterocycles. The van der Waals surface area contributed by atoms with Gasteiger partial charge in [-0.15, -0.1) is 0 Å². The molecule has 1 fully saturated rings. The third-order valence-corrected chi connectivity index (χ3v) is 3.92. The number of nitrogens with two attached hydrogens (primary N) is 1. The Morgan fingerprint density at radius 3 is 2.53 bits per heavy atom. The summed E-state index contributed by atoms with van der Waals surface area (Å²) in [6.45, 7) is 5.40. The van der Waals surface area contributed by atoms with Crippen LogP contribution in [0.1, 0.15) is 24.5 Å². The van der Waals surface area contributed by atoms with Crippen molar-refractivity contribution in [3.8, 4) is 0 Å². The maximum atomic E-state index is 5.75. The quantitative estimate of drug-likeness (QED) is 0.815. The molecule has 2 unspecified atom stereocenters. The Kier molecular flexibility index (Phi) is 4.19. The Bertz CT molecular complexity index is 362. The summed E-state index contributed by atoms with van der Waals surface area (Å²) in [5, 5.41) is 0. The van der Waals surface area contributed by atoms with Crippen LogP contribution >= 0.6 is 0 Å². The number of hydrogen-bond donors (Lipinski definition) is 1. The normalized spacial score (nSPS) is 23.1. The molecule has 2 heteroatoms. The van der Waals surface area contributed by atoms with Gasteiger partial charge in [0.15, 0.2) is 0 Å². The van der Waals surface area contributed by atoms with E-state index in [4.69, 9.17) is 5.73 Å². The molecule has 1 aromatic carbocycles. The molecular weight excluding hydrogens is 208 g/mol. The molecule has 17 heavy (non-hydrogen) atoms. The van der Waals surface area contributed by atoms with Crippen LogP contribution < -0.4 is 5.73 Å². The predicted octanol–water partition coefficient (Wildman–Crippen LogP) is 2.28. The van der Waals surface area contributed by atoms with Gasteiger partial charge in [0.05, 0.1) is 0 Å². The van der Waals surface area contributed by atoms with Gasteiger partial charge in [0.25, 0.3) is 0 Å². The summed E-state index contributed by atoms with van der Waals surface area (Å²) in [6, 6.07) is 8.52. The van der Waals surface area contributed by atoms with Crippen LogP contribution in [0.25, 0.3) is 0 Å². The smallest absolute Gasteiger partial charge is 0.0180 e. The summed E-state index contributed by atoms with van der Waals surface area (Å²) < 4.78 is 0. The van der Waals surface area contributed by atoms with Crippen LogP contribution in [0, 0.1) is 11.8 Å². The zero-order chi connectivity index (χ0) is 12.3. The Hall–Kier alpha value is -0.860. The van der Waals surface area contributed by atoms with Crippen LogP contribution in [0.4, 0.5) is 0 Å². The molecule has 1 aliphatic carbocycles. The van der Waals surface area contributed by atoms with E-state index >= 15 is 0 Å². The minimum Gasteiger partial charge on any atom is -0.326 e. The number of nitrogens with zero attached hydrogens (tertiary/aromatic N) is 1. The fourth-order valence-electron chi connectivity index (χ4n) is 2.46. The molecule has 1 saturated carbocycles. The predicted molar refractivity (Wildman–Crippen MR) is 72.8 cm³/mol. The van der Waals surface area contributed by atoms with Gasteiger partial charge in [0, 0.05) is 19.6 Å². The number of benzene rings is 1. The third-order valence-electron chi connectivity index (χ3n) is 3.92. The molecule has 2 rings (SSSR count). The van der Waals surface area contributed by atoms with Gasteiger partial charge in [-0.25, -0.2) is 0 Å². The summed E-state index contributed by atoms with van der Waals surface area (Å²) in [4.78, 5) is 2.46. The number of hydrogen-bond acceptors (Lipinski definition) is 2. The average Bonchev–Trinajstić information content (AvgIpc) is 3.02. The fraction of sp³-hybridized carbons (Fsp3) is 0.600. The molecule has 2 atom stereocenters. The van der Waals surface area contributed by atoms with Crippen molar-refractivity contribution < 1.29 is 0 Å². The lowest BCUT2D eigenvalue weighted by molar-refractivity contribution is 0.318. The van der Waals surface area contributed by atoms with Gasteiger partial charge < -0.3 is 10.6 Å². The molecular formula is C15H24N2. The molecule has 0 heterocycles. The lowest BCUT2D eigenvalue weighted by Gasteiger charge is -2.17. The summed E-state index contributed by atoms with van der Waals surface area (Å²) in [5.74, 6) is 1.90. The fourth-order valence-corrected chi connectivity index (χ4v) is 2.46. The van der Waals surface area contributed by atoms with E-state index in [0.29, 0.717) is 6.54 Å². The second kappa shape index (κ2) is 5.65. The van der Waals surface area contributed by atoms with Crippen molar-refractivity contribution in [3.63, 3.8) is 0 Å². The summed E-state index contributed by atoms with van der Waals surface area (Å²) in [6.07, 6.45) is 2.54. The van der Waals surface area contributed by atoms with Gasteiger partial charge in [-0.2, -0.15) is 0 Å². The second-order valence-electron chi connectivity index (χ2n) is 5.46. The molecule has 0 saturated heterocycles. The lowest BCUT2D eigenvalue weighted by Crippen LogP contribution is -2.24. The van der Waals surface area contributed by atoms with Crippen LogP contribution in [0.5, 0.6) is 0 Å². The standard InChI is InChI=1S/C15H24N2/c1-12-9-15(12)11-17(2)8-7-13-5-3-4-6-14(13)10-16/h3-6,12,15H,7-11,16H2,1-2H3.